The molecule has 3 aromatic rings. The molecule has 26 heavy (non-hydrogen) atoms. The summed E-state index contributed by atoms with van der Waals surface area (Å²) in [6, 6.07) is 16.2. The van der Waals surface area contributed by atoms with Gasteiger partial charge >= 0.3 is 0 Å². The van der Waals surface area contributed by atoms with Crippen LogP contribution in [-0.2, 0) is 17.8 Å². The van der Waals surface area contributed by atoms with Crippen LogP contribution < -0.4 is 15.4 Å². The van der Waals surface area contributed by atoms with Crippen LogP contribution in [0.2, 0.25) is 0 Å². The van der Waals surface area contributed by atoms with Crippen molar-refractivity contribution in [2.45, 2.75) is 25.9 Å². The number of hydrogen-bond acceptors (Lipinski definition) is 3. The lowest BCUT2D eigenvalue weighted by Gasteiger charge is -2.19. The molecule has 0 fully saturated rings. The summed E-state index contributed by atoms with van der Waals surface area (Å²) < 4.78 is 5.39. The van der Waals surface area contributed by atoms with Gasteiger partial charge in [0.15, 0.2) is 0 Å². The summed E-state index contributed by atoms with van der Waals surface area (Å²) in [4.78, 5) is 14.9. The van der Waals surface area contributed by atoms with E-state index in [0.29, 0.717) is 13.1 Å². The number of H-pyrrole nitrogens is 1. The Balaban J connectivity index is 1.65. The zero-order valence-corrected chi connectivity index (χ0v) is 15.2. The van der Waals surface area contributed by atoms with E-state index in [4.69, 9.17) is 4.74 Å². The number of para-hydroxylation sites is 2. The first-order valence-electron chi connectivity index (χ1n) is 8.82. The predicted octanol–water partition coefficient (Wildman–Crippen LogP) is 3.01. The summed E-state index contributed by atoms with van der Waals surface area (Å²) in [7, 11) is 1.68. The minimum Gasteiger partial charge on any atom is -0.496 e. The number of methoxy groups -OCH3 is 1. The molecule has 1 unspecified atom stereocenters. The molecule has 136 valence electrons. The Bertz CT molecular complexity index is 872. The van der Waals surface area contributed by atoms with Crippen molar-refractivity contribution >= 4 is 16.8 Å². The van der Waals surface area contributed by atoms with Gasteiger partial charge in [0.05, 0.1) is 7.11 Å². The van der Waals surface area contributed by atoms with Crippen molar-refractivity contribution < 1.29 is 9.53 Å². The average Bonchev–Trinajstić information content (AvgIpc) is 3.04. The standard InChI is InChI=1S/C21H25N3O2/c1-15(25)24-18(11-17-13-23-20-9-5-4-8-19(17)20)14-22-12-16-7-3-6-10-21(16)26-2/h3-10,13,18,22-23H,11-12,14H2,1-2H3,(H,24,25). The molecule has 1 aromatic heterocycles. The van der Waals surface area contributed by atoms with E-state index in [9.17, 15) is 4.79 Å². The summed E-state index contributed by atoms with van der Waals surface area (Å²) in [5, 5.41) is 7.69. The van der Waals surface area contributed by atoms with Crippen molar-refractivity contribution in [3.63, 3.8) is 0 Å². The summed E-state index contributed by atoms with van der Waals surface area (Å²) in [5.74, 6) is 0.849. The second-order valence-electron chi connectivity index (χ2n) is 6.40. The fraction of sp³-hybridized carbons (Fsp3) is 0.286. The lowest BCUT2D eigenvalue weighted by atomic mass is 10.0. The fourth-order valence-electron chi connectivity index (χ4n) is 3.26. The highest BCUT2D eigenvalue weighted by atomic mass is 16.5. The van der Waals surface area contributed by atoms with E-state index in [1.807, 2.05) is 42.6 Å². The van der Waals surface area contributed by atoms with Gasteiger partial charge in [0.25, 0.3) is 0 Å². The number of benzene rings is 2. The van der Waals surface area contributed by atoms with Crippen molar-refractivity contribution in [2.24, 2.45) is 0 Å². The van der Waals surface area contributed by atoms with Crippen molar-refractivity contribution in [1.82, 2.24) is 15.6 Å². The number of ether oxygens (including phenoxy) is 1. The van der Waals surface area contributed by atoms with Crippen LogP contribution >= 0.6 is 0 Å². The summed E-state index contributed by atoms with van der Waals surface area (Å²) in [5.41, 5.74) is 3.42. The van der Waals surface area contributed by atoms with Gasteiger partial charge in [0.2, 0.25) is 5.91 Å². The van der Waals surface area contributed by atoms with Crippen molar-refractivity contribution in [3.8, 4) is 5.75 Å². The van der Waals surface area contributed by atoms with E-state index in [0.717, 1.165) is 23.3 Å². The van der Waals surface area contributed by atoms with E-state index >= 15 is 0 Å². The topological polar surface area (TPSA) is 66.2 Å². The third-order valence-electron chi connectivity index (χ3n) is 4.45. The molecule has 5 heteroatoms. The van der Waals surface area contributed by atoms with E-state index < -0.39 is 0 Å². The van der Waals surface area contributed by atoms with Gasteiger partial charge in [0, 0.05) is 48.7 Å². The Morgan fingerprint density at radius 3 is 2.69 bits per heavy atom. The molecule has 1 heterocycles. The number of amides is 1. The third-order valence-corrected chi connectivity index (χ3v) is 4.45. The minimum atomic E-state index is -0.0195. The molecule has 0 saturated heterocycles. The summed E-state index contributed by atoms with van der Waals surface area (Å²) in [6.07, 6.45) is 2.79. The molecule has 1 atom stereocenters. The Morgan fingerprint density at radius 1 is 1.12 bits per heavy atom. The molecule has 0 aliphatic carbocycles. The Morgan fingerprint density at radius 2 is 1.88 bits per heavy atom. The lowest BCUT2D eigenvalue weighted by Crippen LogP contribution is -2.42. The van der Waals surface area contributed by atoms with E-state index in [1.165, 1.54) is 10.9 Å². The normalized spacial score (nSPS) is 12.1. The highest BCUT2D eigenvalue weighted by Gasteiger charge is 2.14. The number of fused-ring (bicyclic) bond motifs is 1. The Kier molecular flexibility index (Phi) is 5.92. The molecule has 0 aliphatic heterocycles. The van der Waals surface area contributed by atoms with Crippen molar-refractivity contribution in [2.75, 3.05) is 13.7 Å². The smallest absolute Gasteiger partial charge is 0.217 e. The molecular formula is C21H25N3O2. The van der Waals surface area contributed by atoms with Crippen LogP contribution in [0.3, 0.4) is 0 Å². The van der Waals surface area contributed by atoms with Gasteiger partial charge in [-0.3, -0.25) is 4.79 Å². The molecule has 0 saturated carbocycles. The first-order chi connectivity index (χ1) is 12.7. The highest BCUT2D eigenvalue weighted by molar-refractivity contribution is 5.83. The van der Waals surface area contributed by atoms with Crippen LogP contribution in [0.25, 0.3) is 10.9 Å². The molecule has 0 spiro atoms. The molecule has 0 aliphatic rings. The van der Waals surface area contributed by atoms with Gasteiger partial charge in [-0.15, -0.1) is 0 Å². The zero-order chi connectivity index (χ0) is 18.4. The van der Waals surface area contributed by atoms with E-state index in [1.54, 1.807) is 14.0 Å². The number of nitrogens with one attached hydrogen (secondary N) is 3. The maximum Gasteiger partial charge on any atom is 0.217 e. The first-order valence-corrected chi connectivity index (χ1v) is 8.82. The summed E-state index contributed by atoms with van der Waals surface area (Å²) >= 11 is 0. The monoisotopic (exact) mass is 351 g/mol. The van der Waals surface area contributed by atoms with Gasteiger partial charge in [-0.25, -0.2) is 0 Å². The number of carbonyl (C=O) groups is 1. The number of hydrogen-bond donors (Lipinski definition) is 3. The second kappa shape index (κ2) is 8.54. The van der Waals surface area contributed by atoms with Crippen molar-refractivity contribution in [1.29, 1.82) is 0 Å². The molecule has 2 aromatic carbocycles. The van der Waals surface area contributed by atoms with E-state index in [2.05, 4.69) is 27.8 Å². The van der Waals surface area contributed by atoms with Gasteiger partial charge < -0.3 is 20.4 Å². The number of carbonyl (C=O) groups excluding carboxylic acids is 1. The quantitative estimate of drug-likeness (QED) is 0.584. The third kappa shape index (κ3) is 4.43. The van der Waals surface area contributed by atoms with Gasteiger partial charge in [0.1, 0.15) is 5.75 Å². The number of aromatic amines is 1. The maximum absolute atomic E-state index is 11.6. The molecular weight excluding hydrogens is 326 g/mol. The number of rotatable bonds is 8. The Labute approximate surface area is 153 Å². The van der Waals surface area contributed by atoms with E-state index in [-0.39, 0.29) is 11.9 Å². The highest BCUT2D eigenvalue weighted by Crippen LogP contribution is 2.19. The van der Waals surface area contributed by atoms with Crippen molar-refractivity contribution in [3.05, 3.63) is 65.9 Å². The molecule has 5 nitrogen and oxygen atoms in total. The van der Waals surface area contributed by atoms with Crippen LogP contribution in [0, 0.1) is 0 Å². The largest absolute Gasteiger partial charge is 0.496 e. The fourth-order valence-corrected chi connectivity index (χ4v) is 3.26. The zero-order valence-electron chi connectivity index (χ0n) is 15.2. The van der Waals surface area contributed by atoms with Gasteiger partial charge in [-0.05, 0) is 24.1 Å². The van der Waals surface area contributed by atoms with Crippen LogP contribution in [-0.4, -0.2) is 30.6 Å². The summed E-state index contributed by atoms with van der Waals surface area (Å²) in [6.45, 7) is 2.92. The van der Waals surface area contributed by atoms with Crippen LogP contribution in [0.1, 0.15) is 18.1 Å². The average molecular weight is 351 g/mol. The predicted molar refractivity (Wildman–Crippen MR) is 104 cm³/mol. The molecule has 3 N–H and O–H groups in total. The Hall–Kier alpha value is -2.79. The molecule has 0 radical (unpaired) electrons. The maximum atomic E-state index is 11.6. The van der Waals surface area contributed by atoms with Gasteiger partial charge in [-0.1, -0.05) is 36.4 Å². The lowest BCUT2D eigenvalue weighted by molar-refractivity contribution is -0.119. The molecule has 1 amide bonds. The molecule has 3 rings (SSSR count). The second-order valence-corrected chi connectivity index (χ2v) is 6.40. The van der Waals surface area contributed by atoms with Crippen LogP contribution in [0.5, 0.6) is 5.75 Å². The van der Waals surface area contributed by atoms with Crippen LogP contribution in [0.4, 0.5) is 0 Å². The number of aromatic nitrogens is 1. The minimum absolute atomic E-state index is 0.0152. The molecule has 0 bridgehead atoms. The SMILES string of the molecule is COc1ccccc1CNCC(Cc1c[nH]c2ccccc12)NC(C)=O. The van der Waals surface area contributed by atoms with Crippen LogP contribution in [0.15, 0.2) is 54.7 Å². The van der Waals surface area contributed by atoms with Gasteiger partial charge in [-0.2, -0.15) is 0 Å². The first kappa shape index (κ1) is 18.0.